The van der Waals surface area contributed by atoms with E-state index >= 15 is 0 Å². The van der Waals surface area contributed by atoms with Gasteiger partial charge in [0.05, 0.1) is 13.1 Å². The predicted molar refractivity (Wildman–Crippen MR) is 76.0 cm³/mol. The van der Waals surface area contributed by atoms with E-state index in [1.807, 2.05) is 0 Å². The Hall–Kier alpha value is -2.22. The Morgan fingerprint density at radius 3 is 1.91 bits per heavy atom. The first kappa shape index (κ1) is 17.8. The molecule has 0 bridgehead atoms. The molecule has 2 N–H and O–H groups in total. The van der Waals surface area contributed by atoms with Crippen molar-refractivity contribution < 1.29 is 29.4 Å². The lowest BCUT2D eigenvalue weighted by Crippen LogP contribution is -2.35. The molecular formula is C14H20N2O6. The number of hydrogen-bond donors (Lipinski definition) is 2. The van der Waals surface area contributed by atoms with Crippen molar-refractivity contribution in [2.24, 2.45) is 0 Å². The van der Waals surface area contributed by atoms with Crippen molar-refractivity contribution in [3.8, 4) is 0 Å². The maximum atomic E-state index is 11.3. The number of aliphatic carboxylic acids is 2. The van der Waals surface area contributed by atoms with Gasteiger partial charge in [0.1, 0.15) is 0 Å². The number of hydrogen-bond acceptors (Lipinski definition) is 5. The molecule has 0 unspecified atom stereocenters. The Labute approximate surface area is 128 Å². The van der Waals surface area contributed by atoms with Crippen molar-refractivity contribution >= 4 is 23.8 Å². The monoisotopic (exact) mass is 312 g/mol. The first-order chi connectivity index (χ1) is 10.4. The van der Waals surface area contributed by atoms with E-state index < -0.39 is 11.9 Å². The Balaban J connectivity index is 2.15. The number of imide groups is 1. The quantitative estimate of drug-likeness (QED) is 0.406. The average molecular weight is 312 g/mol. The summed E-state index contributed by atoms with van der Waals surface area (Å²) in [5, 5.41) is 17.4. The standard InChI is InChI=1S/C14H20N2O6/c17-11-5-6-12(18)16(11)8-4-2-1-3-7-15(9-13(19)20)10-14(21)22/h5-6H,1-4,7-10H2,(H,19,20)(H,21,22). The van der Waals surface area contributed by atoms with Crippen molar-refractivity contribution in [2.45, 2.75) is 25.7 Å². The topological polar surface area (TPSA) is 115 Å². The van der Waals surface area contributed by atoms with E-state index in [4.69, 9.17) is 10.2 Å². The Bertz CT molecular complexity index is 440. The molecule has 8 nitrogen and oxygen atoms in total. The molecule has 0 aromatic carbocycles. The number of carbonyl (C=O) groups excluding carboxylic acids is 2. The van der Waals surface area contributed by atoms with Gasteiger partial charge >= 0.3 is 11.9 Å². The molecule has 22 heavy (non-hydrogen) atoms. The molecule has 0 fully saturated rings. The summed E-state index contributed by atoms with van der Waals surface area (Å²) >= 11 is 0. The molecule has 122 valence electrons. The van der Waals surface area contributed by atoms with Crippen LogP contribution in [0, 0.1) is 0 Å². The lowest BCUT2D eigenvalue weighted by atomic mass is 10.2. The second kappa shape index (κ2) is 8.93. The number of carbonyl (C=O) groups is 4. The molecule has 1 aliphatic heterocycles. The lowest BCUT2D eigenvalue weighted by Gasteiger charge is -2.17. The van der Waals surface area contributed by atoms with Crippen LogP contribution in [0.3, 0.4) is 0 Å². The first-order valence-corrected chi connectivity index (χ1v) is 7.09. The summed E-state index contributed by atoms with van der Waals surface area (Å²) in [7, 11) is 0. The summed E-state index contributed by atoms with van der Waals surface area (Å²) in [6.45, 7) is 0.171. The minimum Gasteiger partial charge on any atom is -0.480 e. The molecule has 0 saturated carbocycles. The number of rotatable bonds is 11. The molecule has 0 aromatic rings. The van der Waals surface area contributed by atoms with E-state index in [2.05, 4.69) is 0 Å². The van der Waals surface area contributed by atoms with Gasteiger partial charge in [-0.25, -0.2) is 0 Å². The summed E-state index contributed by atoms with van der Waals surface area (Å²) in [6, 6.07) is 0. The molecule has 0 aromatic heterocycles. The van der Waals surface area contributed by atoms with Crippen molar-refractivity contribution in [2.75, 3.05) is 26.2 Å². The SMILES string of the molecule is O=C(O)CN(CCCCCCN1C(=O)C=CC1=O)CC(=O)O. The zero-order valence-electron chi connectivity index (χ0n) is 12.2. The normalized spacial score (nSPS) is 14.1. The van der Waals surface area contributed by atoms with E-state index in [-0.39, 0.29) is 24.9 Å². The van der Waals surface area contributed by atoms with Gasteiger partial charge < -0.3 is 10.2 Å². The van der Waals surface area contributed by atoms with E-state index in [1.165, 1.54) is 22.0 Å². The lowest BCUT2D eigenvalue weighted by molar-refractivity contribution is -0.142. The van der Waals surface area contributed by atoms with Crippen LogP contribution in [-0.2, 0) is 19.2 Å². The highest BCUT2D eigenvalue weighted by Crippen LogP contribution is 2.08. The van der Waals surface area contributed by atoms with Gasteiger partial charge in [-0.05, 0) is 19.4 Å². The third-order valence-corrected chi connectivity index (χ3v) is 3.22. The fourth-order valence-electron chi connectivity index (χ4n) is 2.21. The van der Waals surface area contributed by atoms with E-state index in [0.29, 0.717) is 25.9 Å². The van der Waals surface area contributed by atoms with E-state index in [9.17, 15) is 19.2 Å². The van der Waals surface area contributed by atoms with Crippen LogP contribution in [0.2, 0.25) is 0 Å². The summed E-state index contributed by atoms with van der Waals surface area (Å²) in [4.78, 5) is 46.4. The highest BCUT2D eigenvalue weighted by Gasteiger charge is 2.22. The molecule has 1 heterocycles. The van der Waals surface area contributed by atoms with Crippen LogP contribution >= 0.6 is 0 Å². The van der Waals surface area contributed by atoms with Crippen LogP contribution in [-0.4, -0.2) is 69.9 Å². The minimum atomic E-state index is -1.06. The van der Waals surface area contributed by atoms with Crippen LogP contribution in [0.15, 0.2) is 12.2 Å². The molecule has 0 radical (unpaired) electrons. The van der Waals surface area contributed by atoms with Gasteiger partial charge in [-0.2, -0.15) is 0 Å². The number of carboxylic acids is 2. The molecule has 1 aliphatic rings. The number of carboxylic acid groups (broad SMARTS) is 2. The predicted octanol–water partition coefficient (Wildman–Crippen LogP) is -0.0570. The van der Waals surface area contributed by atoms with Crippen molar-refractivity contribution in [1.29, 1.82) is 0 Å². The Morgan fingerprint density at radius 1 is 0.909 bits per heavy atom. The summed E-state index contributed by atoms with van der Waals surface area (Å²) < 4.78 is 0. The van der Waals surface area contributed by atoms with Crippen LogP contribution in [0.4, 0.5) is 0 Å². The minimum absolute atomic E-state index is 0.293. The third-order valence-electron chi connectivity index (χ3n) is 3.22. The van der Waals surface area contributed by atoms with Crippen molar-refractivity contribution in [3.05, 3.63) is 12.2 Å². The van der Waals surface area contributed by atoms with Crippen LogP contribution in [0.1, 0.15) is 25.7 Å². The molecule has 0 spiro atoms. The first-order valence-electron chi connectivity index (χ1n) is 7.09. The molecule has 8 heteroatoms. The fraction of sp³-hybridized carbons (Fsp3) is 0.571. The van der Waals surface area contributed by atoms with Crippen LogP contribution < -0.4 is 0 Å². The maximum Gasteiger partial charge on any atom is 0.317 e. The zero-order valence-corrected chi connectivity index (χ0v) is 12.2. The highest BCUT2D eigenvalue weighted by atomic mass is 16.4. The Kier molecular flexibility index (Phi) is 7.24. The zero-order chi connectivity index (χ0) is 16.5. The Morgan fingerprint density at radius 2 is 1.41 bits per heavy atom. The average Bonchev–Trinajstić information content (AvgIpc) is 2.72. The maximum absolute atomic E-state index is 11.3. The van der Waals surface area contributed by atoms with Crippen molar-refractivity contribution in [1.82, 2.24) is 9.80 Å². The summed E-state index contributed by atoms with van der Waals surface area (Å²) in [6.07, 6.45) is 5.40. The van der Waals surface area contributed by atoms with Crippen LogP contribution in [0.25, 0.3) is 0 Å². The van der Waals surface area contributed by atoms with Crippen molar-refractivity contribution in [3.63, 3.8) is 0 Å². The van der Waals surface area contributed by atoms with Gasteiger partial charge in [0.2, 0.25) is 0 Å². The smallest absolute Gasteiger partial charge is 0.317 e. The molecule has 0 atom stereocenters. The van der Waals surface area contributed by atoms with Crippen LogP contribution in [0.5, 0.6) is 0 Å². The number of amides is 2. The number of nitrogens with zero attached hydrogens (tertiary/aromatic N) is 2. The molecular weight excluding hydrogens is 292 g/mol. The van der Waals surface area contributed by atoms with Gasteiger partial charge in [0.25, 0.3) is 11.8 Å². The van der Waals surface area contributed by atoms with E-state index in [1.54, 1.807) is 0 Å². The van der Waals surface area contributed by atoms with Gasteiger partial charge in [-0.1, -0.05) is 12.8 Å². The summed E-state index contributed by atoms with van der Waals surface area (Å²) in [5.41, 5.74) is 0. The molecule has 1 rings (SSSR count). The fourth-order valence-corrected chi connectivity index (χ4v) is 2.21. The third kappa shape index (κ3) is 6.49. The molecule has 2 amide bonds. The largest absolute Gasteiger partial charge is 0.480 e. The van der Waals surface area contributed by atoms with E-state index in [0.717, 1.165) is 12.8 Å². The second-order valence-corrected chi connectivity index (χ2v) is 5.07. The van der Waals surface area contributed by atoms with Gasteiger partial charge in [-0.3, -0.25) is 29.0 Å². The molecule has 0 aliphatic carbocycles. The highest BCUT2D eigenvalue weighted by molar-refractivity contribution is 6.12. The molecule has 0 saturated heterocycles. The van der Waals surface area contributed by atoms with Gasteiger partial charge in [0.15, 0.2) is 0 Å². The second-order valence-electron chi connectivity index (χ2n) is 5.07. The van der Waals surface area contributed by atoms with Gasteiger partial charge in [0, 0.05) is 18.7 Å². The number of unbranched alkanes of at least 4 members (excludes halogenated alkanes) is 3. The summed E-state index contributed by atoms with van der Waals surface area (Å²) in [5.74, 6) is -2.70. The van der Waals surface area contributed by atoms with Gasteiger partial charge in [-0.15, -0.1) is 0 Å².